The van der Waals surface area contributed by atoms with Gasteiger partial charge in [-0.05, 0) is 13.0 Å². The van der Waals surface area contributed by atoms with Gasteiger partial charge >= 0.3 is 5.97 Å². The Hall–Kier alpha value is -1.23. The maximum Gasteiger partial charge on any atom is 0.327 e. The van der Waals surface area contributed by atoms with Gasteiger partial charge in [0.2, 0.25) is 0 Å². The molecule has 1 N–H and O–H groups in total. The van der Waals surface area contributed by atoms with Crippen molar-refractivity contribution in [3.8, 4) is 0 Å². The fraction of sp³-hybridized carbons (Fsp3) is 0.333. The van der Waals surface area contributed by atoms with Crippen LogP contribution in [0.2, 0.25) is 0 Å². The molecule has 0 aromatic heterocycles. The van der Waals surface area contributed by atoms with E-state index in [1.807, 2.05) is 0 Å². The second-order valence-corrected chi connectivity index (χ2v) is 3.16. The van der Waals surface area contributed by atoms with Crippen molar-refractivity contribution in [1.82, 2.24) is 4.90 Å². The molecular formula is C9H11NO3S. The van der Waals surface area contributed by atoms with Gasteiger partial charge in [0.05, 0.1) is 0 Å². The van der Waals surface area contributed by atoms with Crippen molar-refractivity contribution >= 4 is 24.5 Å². The summed E-state index contributed by atoms with van der Waals surface area (Å²) in [6.45, 7) is 1.75. The second-order valence-electron chi connectivity index (χ2n) is 2.79. The number of allylic oxidation sites excluding steroid dienone is 2. The van der Waals surface area contributed by atoms with E-state index >= 15 is 0 Å². The predicted octanol–water partition coefficient (Wildman–Crippen LogP) is 0.672. The molecule has 0 fully saturated rings. The Morgan fingerprint density at radius 1 is 1.71 bits per heavy atom. The number of carbonyl (C=O) groups is 2. The van der Waals surface area contributed by atoms with Crippen molar-refractivity contribution < 1.29 is 14.7 Å². The van der Waals surface area contributed by atoms with Gasteiger partial charge in [0, 0.05) is 17.5 Å². The van der Waals surface area contributed by atoms with Crippen molar-refractivity contribution in [3.05, 3.63) is 23.9 Å². The molecule has 1 amide bonds. The van der Waals surface area contributed by atoms with Crippen molar-refractivity contribution in [3.63, 3.8) is 0 Å². The maximum atomic E-state index is 11.3. The van der Waals surface area contributed by atoms with E-state index in [1.54, 1.807) is 19.1 Å². The molecule has 0 spiro atoms. The van der Waals surface area contributed by atoms with Gasteiger partial charge in [0.15, 0.2) is 0 Å². The Labute approximate surface area is 87.3 Å². The van der Waals surface area contributed by atoms with Crippen LogP contribution in [0.5, 0.6) is 0 Å². The molecular weight excluding hydrogens is 202 g/mol. The Morgan fingerprint density at radius 3 is 2.79 bits per heavy atom. The summed E-state index contributed by atoms with van der Waals surface area (Å²) in [5, 5.41) is 8.87. The molecule has 1 heterocycles. The fourth-order valence-electron chi connectivity index (χ4n) is 1.28. The molecule has 0 aromatic carbocycles. The lowest BCUT2D eigenvalue weighted by molar-refractivity contribution is -0.145. The van der Waals surface area contributed by atoms with E-state index in [9.17, 15) is 9.59 Å². The fourth-order valence-corrected chi connectivity index (χ4v) is 1.60. The lowest BCUT2D eigenvalue weighted by Crippen LogP contribution is -2.42. The molecule has 76 valence electrons. The molecule has 0 saturated heterocycles. The SMILES string of the molecule is CC=C1C=CC(=O)N1[C@@H](CS)C(=O)O. The predicted molar refractivity (Wildman–Crippen MR) is 55.0 cm³/mol. The third-order valence-electron chi connectivity index (χ3n) is 1.98. The molecule has 5 heteroatoms. The minimum atomic E-state index is -1.04. The van der Waals surface area contributed by atoms with Gasteiger partial charge in [0.25, 0.3) is 5.91 Å². The summed E-state index contributed by atoms with van der Waals surface area (Å²) in [6.07, 6.45) is 4.65. The number of aliphatic carboxylic acids is 1. The standard InChI is InChI=1S/C9H11NO3S/c1-2-6-3-4-8(11)10(6)7(5-14)9(12)13/h2-4,7,14H,5H2,1H3,(H,12,13)/t7-/m0/s1. The number of hydrogen-bond donors (Lipinski definition) is 2. The lowest BCUT2D eigenvalue weighted by Gasteiger charge is -2.24. The number of hydrogen-bond acceptors (Lipinski definition) is 3. The van der Waals surface area contributed by atoms with Crippen molar-refractivity contribution in [2.45, 2.75) is 13.0 Å². The van der Waals surface area contributed by atoms with E-state index < -0.39 is 12.0 Å². The first kappa shape index (κ1) is 10.8. The second kappa shape index (κ2) is 4.32. The smallest absolute Gasteiger partial charge is 0.327 e. The van der Waals surface area contributed by atoms with Crippen LogP contribution in [-0.4, -0.2) is 33.7 Å². The van der Waals surface area contributed by atoms with Crippen LogP contribution in [0.4, 0.5) is 0 Å². The highest BCUT2D eigenvalue weighted by atomic mass is 32.1. The summed E-state index contributed by atoms with van der Waals surface area (Å²) in [4.78, 5) is 23.4. The van der Waals surface area contributed by atoms with Gasteiger partial charge in [-0.2, -0.15) is 12.6 Å². The van der Waals surface area contributed by atoms with Crippen molar-refractivity contribution in [2.75, 3.05) is 5.75 Å². The van der Waals surface area contributed by atoms with Crippen LogP contribution in [-0.2, 0) is 9.59 Å². The molecule has 0 aromatic rings. The van der Waals surface area contributed by atoms with E-state index in [-0.39, 0.29) is 11.7 Å². The molecule has 0 bridgehead atoms. The van der Waals surface area contributed by atoms with Gasteiger partial charge in [-0.1, -0.05) is 6.08 Å². The molecule has 0 radical (unpaired) electrons. The van der Waals surface area contributed by atoms with Crippen LogP contribution in [0.3, 0.4) is 0 Å². The Balaban J connectivity index is 2.95. The summed E-state index contributed by atoms with van der Waals surface area (Å²) in [7, 11) is 0. The summed E-state index contributed by atoms with van der Waals surface area (Å²) in [5.41, 5.74) is 0.608. The molecule has 0 unspecified atom stereocenters. The van der Waals surface area contributed by atoms with Crippen LogP contribution < -0.4 is 0 Å². The van der Waals surface area contributed by atoms with Crippen molar-refractivity contribution in [1.29, 1.82) is 0 Å². The number of carbonyl (C=O) groups excluding carboxylic acids is 1. The third-order valence-corrected chi connectivity index (χ3v) is 2.32. The van der Waals surface area contributed by atoms with E-state index in [1.165, 1.54) is 11.0 Å². The largest absolute Gasteiger partial charge is 0.480 e. The zero-order valence-corrected chi connectivity index (χ0v) is 8.57. The molecule has 14 heavy (non-hydrogen) atoms. The summed E-state index contributed by atoms with van der Waals surface area (Å²) < 4.78 is 0. The highest BCUT2D eigenvalue weighted by Crippen LogP contribution is 2.19. The highest BCUT2D eigenvalue weighted by molar-refractivity contribution is 7.80. The van der Waals surface area contributed by atoms with E-state index in [0.717, 1.165) is 0 Å². The zero-order valence-electron chi connectivity index (χ0n) is 7.67. The number of carboxylic acid groups (broad SMARTS) is 1. The minimum Gasteiger partial charge on any atom is -0.480 e. The summed E-state index contributed by atoms with van der Waals surface area (Å²) >= 11 is 3.92. The molecule has 0 aliphatic carbocycles. The first-order chi connectivity index (χ1) is 6.61. The third kappa shape index (κ3) is 1.82. The van der Waals surface area contributed by atoms with Crippen LogP contribution in [0.15, 0.2) is 23.9 Å². The van der Waals surface area contributed by atoms with Crippen molar-refractivity contribution in [2.24, 2.45) is 0 Å². The molecule has 0 saturated carbocycles. The average molecular weight is 213 g/mol. The lowest BCUT2D eigenvalue weighted by atomic mass is 10.2. The molecule has 1 aliphatic rings. The molecule has 1 rings (SSSR count). The maximum absolute atomic E-state index is 11.3. The molecule has 1 atom stereocenters. The topological polar surface area (TPSA) is 57.6 Å². The molecule has 4 nitrogen and oxygen atoms in total. The monoisotopic (exact) mass is 213 g/mol. The number of thiol groups is 1. The van der Waals surface area contributed by atoms with Gasteiger partial charge in [-0.15, -0.1) is 0 Å². The molecule has 1 aliphatic heterocycles. The Kier molecular flexibility index (Phi) is 3.35. The first-order valence-corrected chi connectivity index (χ1v) is 4.76. The number of rotatable bonds is 3. The first-order valence-electron chi connectivity index (χ1n) is 4.13. The van der Waals surface area contributed by atoms with Gasteiger partial charge in [-0.3, -0.25) is 9.69 Å². The normalized spacial score (nSPS) is 20.6. The van der Waals surface area contributed by atoms with E-state index in [2.05, 4.69) is 12.6 Å². The summed E-state index contributed by atoms with van der Waals surface area (Å²) in [6, 6.07) is -0.896. The number of carboxylic acids is 1. The van der Waals surface area contributed by atoms with Crippen LogP contribution in [0.1, 0.15) is 6.92 Å². The van der Waals surface area contributed by atoms with Crippen LogP contribution >= 0.6 is 12.6 Å². The Morgan fingerprint density at radius 2 is 2.36 bits per heavy atom. The van der Waals surface area contributed by atoms with Crippen LogP contribution in [0, 0.1) is 0 Å². The highest BCUT2D eigenvalue weighted by Gasteiger charge is 2.31. The van der Waals surface area contributed by atoms with E-state index in [4.69, 9.17) is 5.11 Å². The van der Waals surface area contributed by atoms with Gasteiger partial charge < -0.3 is 5.11 Å². The summed E-state index contributed by atoms with van der Waals surface area (Å²) in [5.74, 6) is -1.25. The van der Waals surface area contributed by atoms with E-state index in [0.29, 0.717) is 5.70 Å². The quantitative estimate of drug-likeness (QED) is 0.677. The zero-order chi connectivity index (χ0) is 10.7. The van der Waals surface area contributed by atoms with Gasteiger partial charge in [0.1, 0.15) is 6.04 Å². The minimum absolute atomic E-state index is 0.0973. The Bertz CT molecular complexity index is 322. The van der Waals surface area contributed by atoms with Gasteiger partial charge in [-0.25, -0.2) is 4.79 Å². The number of nitrogens with zero attached hydrogens (tertiary/aromatic N) is 1. The van der Waals surface area contributed by atoms with Crippen LogP contribution in [0.25, 0.3) is 0 Å². The number of amides is 1. The average Bonchev–Trinajstić information content (AvgIpc) is 2.49.